The Morgan fingerprint density at radius 3 is 1.77 bits per heavy atom. The molecule has 2 atom stereocenters. The fourth-order valence-corrected chi connectivity index (χ4v) is 4.57. The maximum absolute atomic E-state index is 12.7. The number of esters is 2. The van der Waals surface area contributed by atoms with Crippen LogP contribution in [0.2, 0.25) is 0 Å². The molecule has 0 aliphatic heterocycles. The molecule has 2 unspecified atom stereocenters. The third kappa shape index (κ3) is 9.46. The van der Waals surface area contributed by atoms with E-state index in [0.717, 1.165) is 57.8 Å². The van der Waals surface area contributed by atoms with Gasteiger partial charge in [0.05, 0.1) is 19.6 Å². The first-order valence-electron chi connectivity index (χ1n) is 12.2. The summed E-state index contributed by atoms with van der Waals surface area (Å²) >= 11 is 0. The fraction of sp³-hybridized carbons (Fsp3) is 0.917. The minimum absolute atomic E-state index is 0. The van der Waals surface area contributed by atoms with Gasteiger partial charge in [0.15, 0.2) is 0 Å². The van der Waals surface area contributed by atoms with E-state index in [1.807, 2.05) is 13.8 Å². The van der Waals surface area contributed by atoms with Crippen molar-refractivity contribution < 1.29 is 30.7 Å². The van der Waals surface area contributed by atoms with Crippen molar-refractivity contribution in [2.45, 2.75) is 90.1 Å². The lowest BCUT2D eigenvalue weighted by Crippen LogP contribution is -2.45. The van der Waals surface area contributed by atoms with Gasteiger partial charge in [0.2, 0.25) is 0 Å². The van der Waals surface area contributed by atoms with E-state index in [1.165, 1.54) is 0 Å². The zero-order valence-electron chi connectivity index (χ0n) is 19.4. The van der Waals surface area contributed by atoms with Crippen LogP contribution >= 0.6 is 0 Å². The molecule has 2 aliphatic rings. The Morgan fingerprint density at radius 1 is 0.871 bits per heavy atom. The molecule has 0 aromatic carbocycles. The van der Waals surface area contributed by atoms with Gasteiger partial charge in [-0.25, -0.2) is 0 Å². The minimum atomic E-state index is -0.693. The Hall–Kier alpha value is -1.18. The van der Waals surface area contributed by atoms with Crippen molar-refractivity contribution in [1.82, 2.24) is 5.32 Å². The summed E-state index contributed by atoms with van der Waals surface area (Å²) < 4.78 is 11.1. The molecule has 2 saturated carbocycles. The van der Waals surface area contributed by atoms with Crippen LogP contribution in [0.4, 0.5) is 0 Å². The van der Waals surface area contributed by atoms with Gasteiger partial charge in [-0.3, -0.25) is 9.59 Å². The predicted molar refractivity (Wildman–Crippen MR) is 120 cm³/mol. The lowest BCUT2D eigenvalue weighted by molar-refractivity contribution is -0.155. The zero-order valence-corrected chi connectivity index (χ0v) is 19.4. The molecule has 0 radical (unpaired) electrons. The monoisotopic (exact) mass is 443 g/mol. The Balaban J connectivity index is 0.00000512. The van der Waals surface area contributed by atoms with Gasteiger partial charge in [-0.15, -0.1) is 0 Å². The van der Waals surface area contributed by atoms with Crippen molar-refractivity contribution in [3.8, 4) is 0 Å². The first-order valence-corrected chi connectivity index (χ1v) is 12.2. The third-order valence-corrected chi connectivity index (χ3v) is 7.14. The largest absolute Gasteiger partial charge is 0.465 e. The lowest BCUT2D eigenvalue weighted by Gasteiger charge is -2.28. The molecule has 0 heterocycles. The molecular formula is C24H45NO6. The summed E-state index contributed by atoms with van der Waals surface area (Å²) in [6.07, 6.45) is 8.57. The van der Waals surface area contributed by atoms with Crippen LogP contribution in [0.15, 0.2) is 0 Å². The Bertz CT molecular complexity index is 533. The molecule has 0 spiro atoms. The Morgan fingerprint density at radius 2 is 1.32 bits per heavy atom. The van der Waals surface area contributed by atoms with Gasteiger partial charge in [0.1, 0.15) is 6.04 Å². The zero-order chi connectivity index (χ0) is 22.6. The van der Waals surface area contributed by atoms with Crippen LogP contribution in [-0.2, 0) is 19.1 Å². The maximum Gasteiger partial charge on any atom is 0.323 e. The van der Waals surface area contributed by atoms with Crippen LogP contribution in [-0.4, -0.2) is 60.7 Å². The topological polar surface area (TPSA) is 105 Å². The fourth-order valence-electron chi connectivity index (χ4n) is 4.57. The van der Waals surface area contributed by atoms with Crippen molar-refractivity contribution in [1.29, 1.82) is 0 Å². The predicted octanol–water partition coefficient (Wildman–Crippen LogP) is 3.06. The highest BCUT2D eigenvalue weighted by Gasteiger charge is 2.28. The van der Waals surface area contributed by atoms with E-state index in [2.05, 4.69) is 5.32 Å². The molecule has 31 heavy (non-hydrogen) atoms. The summed E-state index contributed by atoms with van der Waals surface area (Å²) in [5, 5.41) is 21.7. The number of hydrogen-bond acceptors (Lipinski definition) is 7. The van der Waals surface area contributed by atoms with Gasteiger partial charge in [0, 0.05) is 20.7 Å². The third-order valence-electron chi connectivity index (χ3n) is 7.14. The van der Waals surface area contributed by atoms with Gasteiger partial charge in [-0.05, 0) is 88.4 Å². The number of aliphatic hydroxyl groups excluding tert-OH is 2. The second-order valence-electron chi connectivity index (χ2n) is 9.68. The van der Waals surface area contributed by atoms with E-state index in [-0.39, 0.29) is 39.0 Å². The number of ether oxygens (including phenoxy) is 2. The number of aliphatic hydroxyl groups is 2. The summed E-state index contributed by atoms with van der Waals surface area (Å²) in [6.45, 7) is 5.25. The summed E-state index contributed by atoms with van der Waals surface area (Å²) in [4.78, 5) is 25.1. The van der Waals surface area contributed by atoms with E-state index in [4.69, 9.17) is 9.47 Å². The summed E-state index contributed by atoms with van der Waals surface area (Å²) in [7, 11) is 0. The highest BCUT2D eigenvalue weighted by Crippen LogP contribution is 2.29. The SMILES string of the molecule is CCC(C)NC(CC(=O)OCC1CCC(CO)CC1)C(=O)OCC1CCC(CO)CC1.[HH]. The van der Waals surface area contributed by atoms with E-state index >= 15 is 0 Å². The van der Waals surface area contributed by atoms with Crippen LogP contribution in [0.1, 0.15) is 79.5 Å². The molecule has 3 N–H and O–H groups in total. The molecule has 2 aliphatic carbocycles. The summed E-state index contributed by atoms with van der Waals surface area (Å²) in [5.74, 6) is 0.672. The molecule has 0 aromatic heterocycles. The van der Waals surface area contributed by atoms with Crippen molar-refractivity contribution in [3.63, 3.8) is 0 Å². The molecule has 2 fully saturated rings. The molecular weight excluding hydrogens is 398 g/mol. The van der Waals surface area contributed by atoms with Gasteiger partial charge >= 0.3 is 11.9 Å². The number of carbonyl (C=O) groups excluding carboxylic acids is 2. The first kappa shape index (κ1) is 26.1. The van der Waals surface area contributed by atoms with Crippen LogP contribution in [0, 0.1) is 23.7 Å². The highest BCUT2D eigenvalue weighted by atomic mass is 16.5. The van der Waals surface area contributed by atoms with Crippen molar-refractivity contribution in [2.24, 2.45) is 23.7 Å². The van der Waals surface area contributed by atoms with Crippen LogP contribution in [0.25, 0.3) is 0 Å². The summed E-state index contributed by atoms with van der Waals surface area (Å²) in [5.41, 5.74) is 0. The van der Waals surface area contributed by atoms with Crippen molar-refractivity contribution >= 4 is 11.9 Å². The molecule has 0 saturated heterocycles. The number of rotatable bonds is 12. The second-order valence-corrected chi connectivity index (χ2v) is 9.68. The Kier molecular flexibility index (Phi) is 11.8. The Labute approximate surface area is 188 Å². The van der Waals surface area contributed by atoms with Crippen molar-refractivity contribution in [3.05, 3.63) is 0 Å². The van der Waals surface area contributed by atoms with Crippen LogP contribution < -0.4 is 5.32 Å². The molecule has 7 nitrogen and oxygen atoms in total. The number of hydrogen-bond donors (Lipinski definition) is 3. The molecule has 0 bridgehead atoms. The van der Waals surface area contributed by atoms with Crippen LogP contribution in [0.5, 0.6) is 0 Å². The molecule has 0 aromatic rings. The lowest BCUT2D eigenvalue weighted by atomic mass is 9.83. The van der Waals surface area contributed by atoms with Crippen molar-refractivity contribution in [2.75, 3.05) is 26.4 Å². The molecule has 0 amide bonds. The second kappa shape index (κ2) is 14.1. The normalized spacial score (nSPS) is 28.5. The van der Waals surface area contributed by atoms with Gasteiger partial charge in [0.25, 0.3) is 0 Å². The smallest absolute Gasteiger partial charge is 0.323 e. The minimum Gasteiger partial charge on any atom is -0.465 e. The van der Waals surface area contributed by atoms with Gasteiger partial charge in [-0.2, -0.15) is 0 Å². The molecule has 2 rings (SSSR count). The maximum atomic E-state index is 12.7. The molecule has 182 valence electrons. The quantitative estimate of drug-likeness (QED) is 0.398. The highest BCUT2D eigenvalue weighted by molar-refractivity contribution is 5.82. The average Bonchev–Trinajstić information content (AvgIpc) is 2.81. The van der Waals surface area contributed by atoms with Gasteiger partial charge in [-0.1, -0.05) is 6.92 Å². The first-order chi connectivity index (χ1) is 14.9. The average molecular weight is 444 g/mol. The van der Waals surface area contributed by atoms with E-state index in [1.54, 1.807) is 0 Å². The molecule has 7 heteroatoms. The number of nitrogens with one attached hydrogen (secondary N) is 1. The van der Waals surface area contributed by atoms with E-state index in [0.29, 0.717) is 36.9 Å². The van der Waals surface area contributed by atoms with Crippen LogP contribution in [0.3, 0.4) is 0 Å². The standard InChI is InChI=1S/C24H43NO6.H2/c1-3-17(2)25-22(24(29)31-16-21-10-6-19(14-27)7-11-21)12-23(28)30-15-20-8-4-18(13-26)5-9-20;/h17-22,25-27H,3-16H2,1-2H3;1H. The van der Waals surface area contributed by atoms with E-state index < -0.39 is 6.04 Å². The summed E-state index contributed by atoms with van der Waals surface area (Å²) in [6, 6.07) is -0.597. The van der Waals surface area contributed by atoms with E-state index in [9.17, 15) is 19.8 Å². The van der Waals surface area contributed by atoms with Gasteiger partial charge < -0.3 is 25.0 Å². The number of carbonyl (C=O) groups is 2.